The normalized spacial score (nSPS) is 25.2. The molecule has 1 aromatic carbocycles. The Hall–Kier alpha value is -2.12. The summed E-state index contributed by atoms with van der Waals surface area (Å²) in [5.41, 5.74) is 1.42. The van der Waals surface area contributed by atoms with Gasteiger partial charge in [0, 0.05) is 44.2 Å². The summed E-state index contributed by atoms with van der Waals surface area (Å²) >= 11 is 0. The molecule has 0 saturated carbocycles. The fourth-order valence-electron chi connectivity index (χ4n) is 4.18. The van der Waals surface area contributed by atoms with Crippen LogP contribution in [0.2, 0.25) is 0 Å². The SMILES string of the molecule is C[C@@]1(C(=O)Nc2ccc(N3CCOCC3)c(C(=O)N3CCCC3)c2)CCCO1. The van der Waals surface area contributed by atoms with Gasteiger partial charge in [-0.15, -0.1) is 0 Å². The van der Waals surface area contributed by atoms with Crippen LogP contribution in [-0.4, -0.2) is 68.3 Å². The quantitative estimate of drug-likeness (QED) is 0.858. The molecule has 3 aliphatic heterocycles. The van der Waals surface area contributed by atoms with Gasteiger partial charge in [-0.05, 0) is 50.8 Å². The molecule has 3 aliphatic rings. The van der Waals surface area contributed by atoms with E-state index in [1.807, 2.05) is 30.0 Å². The molecule has 7 nitrogen and oxygen atoms in total. The van der Waals surface area contributed by atoms with Crippen molar-refractivity contribution in [1.82, 2.24) is 4.90 Å². The summed E-state index contributed by atoms with van der Waals surface area (Å²) in [6.07, 6.45) is 3.69. The Bertz CT molecular complexity index is 733. The topological polar surface area (TPSA) is 71.1 Å². The van der Waals surface area contributed by atoms with Gasteiger partial charge in [-0.2, -0.15) is 0 Å². The molecule has 0 unspecified atom stereocenters. The van der Waals surface area contributed by atoms with Gasteiger partial charge in [0.1, 0.15) is 5.60 Å². The molecular weight excluding hydrogens is 358 g/mol. The van der Waals surface area contributed by atoms with Crippen LogP contribution in [0.3, 0.4) is 0 Å². The van der Waals surface area contributed by atoms with E-state index in [2.05, 4.69) is 10.2 Å². The van der Waals surface area contributed by atoms with Gasteiger partial charge in [-0.1, -0.05) is 0 Å². The van der Waals surface area contributed by atoms with Crippen molar-refractivity contribution < 1.29 is 19.1 Å². The van der Waals surface area contributed by atoms with Crippen LogP contribution in [0.4, 0.5) is 11.4 Å². The van der Waals surface area contributed by atoms with Gasteiger partial charge < -0.3 is 24.6 Å². The summed E-state index contributed by atoms with van der Waals surface area (Å²) in [5.74, 6) is -0.109. The zero-order valence-corrected chi connectivity index (χ0v) is 16.5. The van der Waals surface area contributed by atoms with Gasteiger partial charge in [-0.25, -0.2) is 0 Å². The smallest absolute Gasteiger partial charge is 0.256 e. The minimum Gasteiger partial charge on any atom is -0.378 e. The highest BCUT2D eigenvalue weighted by Gasteiger charge is 2.38. The maximum absolute atomic E-state index is 13.2. The molecule has 152 valence electrons. The van der Waals surface area contributed by atoms with E-state index < -0.39 is 5.60 Å². The van der Waals surface area contributed by atoms with E-state index in [1.54, 1.807) is 0 Å². The van der Waals surface area contributed by atoms with Crippen molar-refractivity contribution in [3.63, 3.8) is 0 Å². The minimum absolute atomic E-state index is 0.0402. The number of likely N-dealkylation sites (tertiary alicyclic amines) is 1. The van der Waals surface area contributed by atoms with E-state index in [-0.39, 0.29) is 11.8 Å². The number of nitrogens with one attached hydrogen (secondary N) is 1. The fraction of sp³-hybridized carbons (Fsp3) is 0.619. The molecule has 7 heteroatoms. The Morgan fingerprint density at radius 2 is 1.79 bits per heavy atom. The van der Waals surface area contributed by atoms with Crippen molar-refractivity contribution in [2.45, 2.75) is 38.2 Å². The van der Waals surface area contributed by atoms with Crippen molar-refractivity contribution in [2.24, 2.45) is 0 Å². The molecular formula is C21H29N3O4. The number of rotatable bonds is 4. The van der Waals surface area contributed by atoms with Gasteiger partial charge in [0.25, 0.3) is 11.8 Å². The molecule has 4 rings (SSSR count). The van der Waals surface area contributed by atoms with Crippen molar-refractivity contribution in [3.8, 4) is 0 Å². The Balaban J connectivity index is 1.60. The molecule has 0 radical (unpaired) electrons. The van der Waals surface area contributed by atoms with E-state index in [0.29, 0.717) is 37.5 Å². The fourth-order valence-corrected chi connectivity index (χ4v) is 4.18. The first kappa shape index (κ1) is 19.2. The van der Waals surface area contributed by atoms with E-state index in [9.17, 15) is 9.59 Å². The third kappa shape index (κ3) is 3.86. The van der Waals surface area contributed by atoms with Crippen LogP contribution in [0.25, 0.3) is 0 Å². The third-order valence-corrected chi connectivity index (χ3v) is 5.93. The second-order valence-electron chi connectivity index (χ2n) is 7.97. The first-order chi connectivity index (χ1) is 13.6. The second kappa shape index (κ2) is 8.09. The molecule has 1 atom stereocenters. The number of anilines is 2. The predicted molar refractivity (Wildman–Crippen MR) is 107 cm³/mol. The van der Waals surface area contributed by atoms with E-state index in [4.69, 9.17) is 9.47 Å². The molecule has 28 heavy (non-hydrogen) atoms. The van der Waals surface area contributed by atoms with Crippen LogP contribution in [0, 0.1) is 0 Å². The highest BCUT2D eigenvalue weighted by molar-refractivity contribution is 6.03. The number of nitrogens with zero attached hydrogens (tertiary/aromatic N) is 2. The van der Waals surface area contributed by atoms with Gasteiger partial charge in [-0.3, -0.25) is 9.59 Å². The molecule has 1 aromatic rings. The van der Waals surface area contributed by atoms with Crippen LogP contribution in [0.5, 0.6) is 0 Å². The zero-order chi connectivity index (χ0) is 19.6. The number of morpholine rings is 1. The monoisotopic (exact) mass is 387 g/mol. The number of hydrogen-bond donors (Lipinski definition) is 1. The molecule has 2 amide bonds. The van der Waals surface area contributed by atoms with Gasteiger partial charge in [0.05, 0.1) is 18.8 Å². The lowest BCUT2D eigenvalue weighted by Crippen LogP contribution is -2.40. The first-order valence-electron chi connectivity index (χ1n) is 10.3. The third-order valence-electron chi connectivity index (χ3n) is 5.93. The Labute approximate surface area is 166 Å². The van der Waals surface area contributed by atoms with Crippen LogP contribution >= 0.6 is 0 Å². The summed E-state index contributed by atoms with van der Waals surface area (Å²) in [6.45, 7) is 6.87. The molecule has 0 spiro atoms. The highest BCUT2D eigenvalue weighted by Crippen LogP contribution is 2.30. The number of benzene rings is 1. The number of amides is 2. The highest BCUT2D eigenvalue weighted by atomic mass is 16.5. The lowest BCUT2D eigenvalue weighted by Gasteiger charge is -2.31. The standard InChI is InChI=1S/C21H29N3O4/c1-21(7-4-12-28-21)20(26)22-16-5-6-18(23-10-13-27-14-11-23)17(15-16)19(25)24-8-2-3-9-24/h5-6,15H,2-4,7-14H2,1H3,(H,22,26)/t21-/m0/s1. The number of carbonyl (C=O) groups is 2. The Kier molecular flexibility index (Phi) is 5.55. The van der Waals surface area contributed by atoms with E-state index in [1.165, 1.54) is 0 Å². The molecule has 1 N–H and O–H groups in total. The maximum atomic E-state index is 13.2. The van der Waals surface area contributed by atoms with Crippen LogP contribution in [-0.2, 0) is 14.3 Å². The molecule has 3 saturated heterocycles. The van der Waals surface area contributed by atoms with Crippen molar-refractivity contribution in [1.29, 1.82) is 0 Å². The number of ether oxygens (including phenoxy) is 2. The lowest BCUT2D eigenvalue weighted by molar-refractivity contribution is -0.133. The van der Waals surface area contributed by atoms with Crippen LogP contribution in [0.1, 0.15) is 43.0 Å². The molecule has 0 bridgehead atoms. The van der Waals surface area contributed by atoms with Crippen molar-refractivity contribution >= 4 is 23.2 Å². The summed E-state index contributed by atoms with van der Waals surface area (Å²) in [5, 5.41) is 2.96. The summed E-state index contributed by atoms with van der Waals surface area (Å²) in [4.78, 5) is 30.0. The van der Waals surface area contributed by atoms with Gasteiger partial charge in [0.15, 0.2) is 0 Å². The largest absolute Gasteiger partial charge is 0.378 e. The second-order valence-corrected chi connectivity index (χ2v) is 7.97. The average molecular weight is 387 g/mol. The molecule has 0 aliphatic carbocycles. The average Bonchev–Trinajstić information content (AvgIpc) is 3.41. The van der Waals surface area contributed by atoms with Gasteiger partial charge >= 0.3 is 0 Å². The number of hydrogen-bond acceptors (Lipinski definition) is 5. The van der Waals surface area contributed by atoms with Crippen LogP contribution < -0.4 is 10.2 Å². The van der Waals surface area contributed by atoms with Gasteiger partial charge in [0.2, 0.25) is 0 Å². The van der Waals surface area contributed by atoms with E-state index >= 15 is 0 Å². The van der Waals surface area contributed by atoms with Crippen LogP contribution in [0.15, 0.2) is 18.2 Å². The molecule has 3 fully saturated rings. The molecule has 0 aromatic heterocycles. The van der Waals surface area contributed by atoms with E-state index in [0.717, 1.165) is 51.1 Å². The van der Waals surface area contributed by atoms with Crippen molar-refractivity contribution in [2.75, 3.05) is 56.2 Å². The first-order valence-corrected chi connectivity index (χ1v) is 10.3. The summed E-state index contributed by atoms with van der Waals surface area (Å²) in [6, 6.07) is 5.64. The summed E-state index contributed by atoms with van der Waals surface area (Å²) < 4.78 is 11.1. The number of carbonyl (C=O) groups excluding carboxylic acids is 2. The lowest BCUT2D eigenvalue weighted by atomic mass is 10.0. The Morgan fingerprint density at radius 3 is 2.46 bits per heavy atom. The Morgan fingerprint density at radius 1 is 1.04 bits per heavy atom. The summed E-state index contributed by atoms with van der Waals surface area (Å²) in [7, 11) is 0. The predicted octanol–water partition coefficient (Wildman–Crippen LogP) is 2.27. The minimum atomic E-state index is -0.790. The van der Waals surface area contributed by atoms with Crippen molar-refractivity contribution in [3.05, 3.63) is 23.8 Å². The molecule has 3 heterocycles. The maximum Gasteiger partial charge on any atom is 0.256 e. The zero-order valence-electron chi connectivity index (χ0n) is 16.5.